The lowest BCUT2D eigenvalue weighted by Gasteiger charge is -2.10. The predicted octanol–water partition coefficient (Wildman–Crippen LogP) is 3.17. The first kappa shape index (κ1) is 19.0. The van der Waals surface area contributed by atoms with Gasteiger partial charge < -0.3 is 10.1 Å². The highest BCUT2D eigenvalue weighted by Crippen LogP contribution is 2.21. The van der Waals surface area contributed by atoms with Crippen molar-refractivity contribution in [1.82, 2.24) is 20.1 Å². The number of hydrogen-bond donors (Lipinski definition) is 1. The van der Waals surface area contributed by atoms with Crippen LogP contribution in [0.2, 0.25) is 0 Å². The fourth-order valence-corrected chi connectivity index (χ4v) is 3.32. The molecule has 7 heteroatoms. The molecule has 0 aliphatic rings. The van der Waals surface area contributed by atoms with E-state index in [9.17, 15) is 4.79 Å². The third-order valence-corrected chi connectivity index (χ3v) is 4.85. The van der Waals surface area contributed by atoms with E-state index in [0.29, 0.717) is 18.3 Å². The summed E-state index contributed by atoms with van der Waals surface area (Å²) in [5, 5.41) is 11.6. The molecule has 0 aliphatic heterocycles. The van der Waals surface area contributed by atoms with E-state index in [1.807, 2.05) is 66.9 Å². The lowest BCUT2D eigenvalue weighted by molar-refractivity contribution is -0.118. The van der Waals surface area contributed by atoms with E-state index in [0.717, 1.165) is 22.6 Å². The fourth-order valence-electron chi connectivity index (χ4n) is 2.57. The molecule has 3 rings (SSSR count). The van der Waals surface area contributed by atoms with Crippen molar-refractivity contribution in [1.29, 1.82) is 0 Å². The number of aromatic nitrogens is 3. The van der Waals surface area contributed by atoms with Gasteiger partial charge in [-0.15, -0.1) is 10.2 Å². The highest BCUT2D eigenvalue weighted by Gasteiger charge is 2.11. The number of para-hydroxylation sites is 1. The van der Waals surface area contributed by atoms with E-state index < -0.39 is 0 Å². The molecule has 0 unspecified atom stereocenters. The van der Waals surface area contributed by atoms with Crippen molar-refractivity contribution >= 4 is 17.7 Å². The van der Waals surface area contributed by atoms with E-state index >= 15 is 0 Å². The summed E-state index contributed by atoms with van der Waals surface area (Å²) in [4.78, 5) is 12.1. The van der Waals surface area contributed by atoms with Crippen molar-refractivity contribution in [2.75, 3.05) is 18.9 Å². The summed E-state index contributed by atoms with van der Waals surface area (Å²) < 4.78 is 7.53. The largest absolute Gasteiger partial charge is 0.492 e. The van der Waals surface area contributed by atoms with Crippen LogP contribution in [0.25, 0.3) is 5.69 Å². The molecule has 1 heterocycles. The summed E-state index contributed by atoms with van der Waals surface area (Å²) in [5.74, 6) is 1.02. The van der Waals surface area contributed by atoms with Crippen LogP contribution in [-0.2, 0) is 4.79 Å². The number of carbonyl (C=O) groups excluding carboxylic acids is 1. The average Bonchev–Trinajstić information content (AvgIpc) is 3.12. The zero-order chi connectivity index (χ0) is 19.1. The van der Waals surface area contributed by atoms with Crippen LogP contribution in [0.15, 0.2) is 60.0 Å². The summed E-state index contributed by atoms with van der Waals surface area (Å²) in [6.07, 6.45) is 1.66. The highest BCUT2D eigenvalue weighted by atomic mass is 32.2. The Morgan fingerprint density at radius 2 is 2.04 bits per heavy atom. The number of nitrogens with one attached hydrogen (secondary N) is 1. The Morgan fingerprint density at radius 1 is 1.19 bits per heavy atom. The molecule has 0 radical (unpaired) electrons. The molecule has 0 atom stereocenters. The quantitative estimate of drug-likeness (QED) is 0.479. The second kappa shape index (κ2) is 9.23. The number of nitrogens with zero attached hydrogens (tertiary/aromatic N) is 3. The third-order valence-electron chi connectivity index (χ3n) is 3.91. The smallest absolute Gasteiger partial charge is 0.230 e. The van der Waals surface area contributed by atoms with Gasteiger partial charge in [-0.3, -0.25) is 9.36 Å². The number of ether oxygens (including phenoxy) is 1. The fraction of sp³-hybridized carbons (Fsp3) is 0.250. The van der Waals surface area contributed by atoms with Gasteiger partial charge in [0.1, 0.15) is 18.7 Å². The van der Waals surface area contributed by atoms with Crippen LogP contribution >= 0.6 is 11.8 Å². The van der Waals surface area contributed by atoms with E-state index in [1.165, 1.54) is 11.8 Å². The molecule has 1 amide bonds. The summed E-state index contributed by atoms with van der Waals surface area (Å²) in [5.41, 5.74) is 3.28. The van der Waals surface area contributed by atoms with E-state index in [4.69, 9.17) is 4.74 Å². The van der Waals surface area contributed by atoms with Crippen LogP contribution in [-0.4, -0.2) is 39.6 Å². The molecule has 27 heavy (non-hydrogen) atoms. The summed E-state index contributed by atoms with van der Waals surface area (Å²) >= 11 is 1.36. The second-order valence-corrected chi connectivity index (χ2v) is 7.02. The zero-order valence-electron chi connectivity index (χ0n) is 15.4. The molecule has 1 N–H and O–H groups in total. The number of benzene rings is 2. The van der Waals surface area contributed by atoms with Gasteiger partial charge in [-0.1, -0.05) is 42.1 Å². The Kier molecular flexibility index (Phi) is 6.49. The summed E-state index contributed by atoms with van der Waals surface area (Å²) in [7, 11) is 0. The lowest BCUT2D eigenvalue weighted by atomic mass is 10.2. The first-order chi connectivity index (χ1) is 13.1. The normalized spacial score (nSPS) is 10.6. The summed E-state index contributed by atoms with van der Waals surface area (Å²) in [6, 6.07) is 15.8. The van der Waals surface area contributed by atoms with Gasteiger partial charge in [0.25, 0.3) is 0 Å². The molecular formula is C20H22N4O2S. The zero-order valence-corrected chi connectivity index (χ0v) is 16.2. The number of rotatable bonds is 8. The third kappa shape index (κ3) is 5.34. The molecule has 140 valence electrons. The molecule has 0 saturated heterocycles. The van der Waals surface area contributed by atoms with Crippen LogP contribution in [0.4, 0.5) is 0 Å². The minimum absolute atomic E-state index is 0.0628. The van der Waals surface area contributed by atoms with E-state index in [2.05, 4.69) is 15.5 Å². The van der Waals surface area contributed by atoms with Crippen LogP contribution < -0.4 is 10.1 Å². The molecule has 0 aliphatic carbocycles. The van der Waals surface area contributed by atoms with E-state index in [1.54, 1.807) is 6.33 Å². The molecule has 1 aromatic heterocycles. The number of hydrogen-bond acceptors (Lipinski definition) is 5. The van der Waals surface area contributed by atoms with Gasteiger partial charge in [0.05, 0.1) is 18.0 Å². The van der Waals surface area contributed by atoms with Crippen LogP contribution in [0.5, 0.6) is 5.75 Å². The van der Waals surface area contributed by atoms with Gasteiger partial charge in [-0.2, -0.15) is 0 Å². The van der Waals surface area contributed by atoms with Crippen molar-refractivity contribution in [3.63, 3.8) is 0 Å². The molecule has 0 bridgehead atoms. The molecule has 6 nitrogen and oxygen atoms in total. The van der Waals surface area contributed by atoms with Gasteiger partial charge >= 0.3 is 0 Å². The van der Waals surface area contributed by atoms with E-state index in [-0.39, 0.29) is 11.7 Å². The molecule has 3 aromatic rings. The maximum Gasteiger partial charge on any atom is 0.230 e. The standard InChI is InChI=1S/C20H22N4O2S/c1-15-6-5-8-17(12-15)26-11-10-21-19(25)13-27-20-23-22-14-24(20)18-9-4-3-7-16(18)2/h3-9,12,14H,10-11,13H2,1-2H3,(H,21,25). The number of carbonyl (C=O) groups is 1. The minimum atomic E-state index is -0.0628. The maximum atomic E-state index is 12.1. The lowest BCUT2D eigenvalue weighted by Crippen LogP contribution is -2.29. The average molecular weight is 382 g/mol. The van der Waals surface area contributed by atoms with Crippen molar-refractivity contribution in [3.05, 3.63) is 66.0 Å². The van der Waals surface area contributed by atoms with Gasteiger partial charge in [-0.05, 0) is 43.2 Å². The first-order valence-electron chi connectivity index (χ1n) is 8.68. The highest BCUT2D eigenvalue weighted by molar-refractivity contribution is 7.99. The number of amides is 1. The SMILES string of the molecule is Cc1cccc(OCCNC(=O)CSc2nncn2-c2ccccc2C)c1. The number of thioether (sulfide) groups is 1. The molecule has 0 fully saturated rings. The molecule has 0 spiro atoms. The first-order valence-corrected chi connectivity index (χ1v) is 9.67. The van der Waals surface area contributed by atoms with Crippen LogP contribution in [0.3, 0.4) is 0 Å². The summed E-state index contributed by atoms with van der Waals surface area (Å²) in [6.45, 7) is 4.93. The van der Waals surface area contributed by atoms with Gasteiger partial charge in [0, 0.05) is 0 Å². The van der Waals surface area contributed by atoms with Gasteiger partial charge in [-0.25, -0.2) is 0 Å². The van der Waals surface area contributed by atoms with Crippen LogP contribution in [0.1, 0.15) is 11.1 Å². The Morgan fingerprint density at radius 3 is 2.85 bits per heavy atom. The Hall–Kier alpha value is -2.80. The van der Waals surface area contributed by atoms with Crippen LogP contribution in [0, 0.1) is 13.8 Å². The topological polar surface area (TPSA) is 69.0 Å². The molecule has 0 saturated carbocycles. The number of aryl methyl sites for hydroxylation is 2. The van der Waals surface area contributed by atoms with Gasteiger partial charge in [0.15, 0.2) is 5.16 Å². The van der Waals surface area contributed by atoms with Crippen molar-refractivity contribution in [3.8, 4) is 11.4 Å². The predicted molar refractivity (Wildman–Crippen MR) is 107 cm³/mol. The second-order valence-electron chi connectivity index (χ2n) is 6.07. The van der Waals surface area contributed by atoms with Crippen molar-refractivity contribution < 1.29 is 9.53 Å². The Balaban J connectivity index is 1.45. The maximum absolute atomic E-state index is 12.1. The monoisotopic (exact) mass is 382 g/mol. The molecule has 2 aromatic carbocycles. The Bertz CT molecular complexity index is 910. The van der Waals surface area contributed by atoms with Crippen molar-refractivity contribution in [2.45, 2.75) is 19.0 Å². The van der Waals surface area contributed by atoms with Gasteiger partial charge in [0.2, 0.25) is 5.91 Å². The molecular weight excluding hydrogens is 360 g/mol. The van der Waals surface area contributed by atoms with Crippen molar-refractivity contribution in [2.24, 2.45) is 0 Å². The Labute approximate surface area is 163 Å². The minimum Gasteiger partial charge on any atom is -0.492 e.